The van der Waals surface area contributed by atoms with Gasteiger partial charge in [0.15, 0.2) is 12.2 Å². The molecule has 6 atom stereocenters. The van der Waals surface area contributed by atoms with Crippen LogP contribution in [0.4, 0.5) is 0 Å². The van der Waals surface area contributed by atoms with Crippen LogP contribution in [0.25, 0.3) is 0 Å². The summed E-state index contributed by atoms with van der Waals surface area (Å²) >= 11 is 0. The third-order valence-corrected chi connectivity index (χ3v) is 19.1. The lowest BCUT2D eigenvalue weighted by atomic mass is 10.00. The van der Waals surface area contributed by atoms with Crippen LogP contribution in [0.2, 0.25) is 0 Å². The molecular formula is C73H142O17P2. The molecule has 0 amide bonds. The van der Waals surface area contributed by atoms with Gasteiger partial charge in [0.05, 0.1) is 26.4 Å². The van der Waals surface area contributed by atoms with E-state index in [4.69, 9.17) is 37.0 Å². The Morgan fingerprint density at radius 2 is 0.522 bits per heavy atom. The average molecular weight is 1350 g/mol. The van der Waals surface area contributed by atoms with E-state index in [1.807, 2.05) is 0 Å². The van der Waals surface area contributed by atoms with Gasteiger partial charge in [-0.2, -0.15) is 0 Å². The van der Waals surface area contributed by atoms with Crippen molar-refractivity contribution in [2.75, 3.05) is 39.6 Å². The van der Waals surface area contributed by atoms with E-state index >= 15 is 0 Å². The van der Waals surface area contributed by atoms with E-state index in [0.29, 0.717) is 25.7 Å². The fraction of sp³-hybridized carbons (Fsp3) is 0.945. The summed E-state index contributed by atoms with van der Waals surface area (Å²) in [6, 6.07) is 0. The van der Waals surface area contributed by atoms with Gasteiger partial charge in [0.25, 0.3) is 0 Å². The summed E-state index contributed by atoms with van der Waals surface area (Å²) in [6.45, 7) is 14.1. The largest absolute Gasteiger partial charge is 0.472 e. The number of phosphoric ester groups is 2. The summed E-state index contributed by atoms with van der Waals surface area (Å²) in [5, 5.41) is 10.6. The molecule has 17 nitrogen and oxygen atoms in total. The molecule has 0 bridgehead atoms. The number of carbonyl (C=O) groups is 4. The molecule has 0 saturated carbocycles. The van der Waals surface area contributed by atoms with Crippen LogP contribution in [-0.4, -0.2) is 96.7 Å². The maximum absolute atomic E-state index is 13.0. The number of aliphatic hydroxyl groups is 1. The minimum atomic E-state index is -4.95. The van der Waals surface area contributed by atoms with E-state index in [1.54, 1.807) is 0 Å². The predicted octanol–water partition coefficient (Wildman–Crippen LogP) is 20.9. The normalized spacial score (nSPS) is 14.5. The second kappa shape index (κ2) is 62.6. The van der Waals surface area contributed by atoms with Gasteiger partial charge >= 0.3 is 39.5 Å². The predicted molar refractivity (Wildman–Crippen MR) is 372 cm³/mol. The molecule has 92 heavy (non-hydrogen) atoms. The first-order chi connectivity index (χ1) is 44.1. The van der Waals surface area contributed by atoms with Crippen LogP contribution in [-0.2, 0) is 65.4 Å². The molecule has 0 aromatic heterocycles. The molecule has 3 N–H and O–H groups in total. The first-order valence-corrected chi connectivity index (χ1v) is 40.7. The number of rotatable bonds is 70. The fourth-order valence-corrected chi connectivity index (χ4v) is 12.6. The fourth-order valence-electron chi connectivity index (χ4n) is 11.0. The number of unbranched alkanes of at least 4 members (excludes halogenated alkanes) is 35. The van der Waals surface area contributed by atoms with E-state index in [2.05, 4.69) is 55.4 Å². The highest BCUT2D eigenvalue weighted by Gasteiger charge is 2.30. The third kappa shape index (κ3) is 65.4. The van der Waals surface area contributed by atoms with Crippen molar-refractivity contribution in [1.29, 1.82) is 0 Å². The minimum Gasteiger partial charge on any atom is -0.462 e. The molecule has 0 aliphatic carbocycles. The summed E-state index contributed by atoms with van der Waals surface area (Å²) in [5.74, 6) is 0.890. The minimum absolute atomic E-state index is 0.104. The Kier molecular flexibility index (Phi) is 61.3. The van der Waals surface area contributed by atoms with Crippen LogP contribution in [0, 0.1) is 23.7 Å². The molecule has 0 saturated heterocycles. The number of ether oxygens (including phenoxy) is 4. The van der Waals surface area contributed by atoms with E-state index < -0.39 is 97.5 Å². The van der Waals surface area contributed by atoms with E-state index in [1.165, 1.54) is 161 Å². The second-order valence-corrected chi connectivity index (χ2v) is 30.9. The Labute approximate surface area is 562 Å². The van der Waals surface area contributed by atoms with Crippen LogP contribution in [0.3, 0.4) is 0 Å². The lowest BCUT2D eigenvalue weighted by Crippen LogP contribution is -2.30. The van der Waals surface area contributed by atoms with Gasteiger partial charge in [-0.3, -0.25) is 37.3 Å². The van der Waals surface area contributed by atoms with Crippen LogP contribution < -0.4 is 0 Å². The Morgan fingerprint density at radius 3 is 0.772 bits per heavy atom. The molecule has 546 valence electrons. The Bertz CT molecular complexity index is 1820. The molecule has 0 heterocycles. The summed E-state index contributed by atoms with van der Waals surface area (Å²) < 4.78 is 68.4. The summed E-state index contributed by atoms with van der Waals surface area (Å²) in [4.78, 5) is 72.7. The van der Waals surface area contributed by atoms with Crippen molar-refractivity contribution in [1.82, 2.24) is 0 Å². The van der Waals surface area contributed by atoms with Crippen molar-refractivity contribution < 1.29 is 80.2 Å². The molecule has 0 aromatic carbocycles. The zero-order chi connectivity index (χ0) is 68.2. The van der Waals surface area contributed by atoms with Gasteiger partial charge in [-0.25, -0.2) is 9.13 Å². The molecule has 0 aromatic rings. The summed E-state index contributed by atoms with van der Waals surface area (Å²) in [6.07, 6.45) is 45.9. The number of phosphoric acid groups is 2. The van der Waals surface area contributed by atoms with E-state index in [-0.39, 0.29) is 25.7 Å². The Morgan fingerprint density at radius 1 is 0.304 bits per heavy atom. The molecular weight excluding hydrogens is 1210 g/mol. The highest BCUT2D eigenvalue weighted by atomic mass is 31.2. The lowest BCUT2D eigenvalue weighted by Gasteiger charge is -2.21. The number of esters is 4. The van der Waals surface area contributed by atoms with E-state index in [9.17, 15) is 43.2 Å². The maximum Gasteiger partial charge on any atom is 0.472 e. The Hall–Kier alpha value is -1.94. The number of carbonyl (C=O) groups excluding carboxylic acids is 4. The highest BCUT2D eigenvalue weighted by molar-refractivity contribution is 7.47. The lowest BCUT2D eigenvalue weighted by molar-refractivity contribution is -0.161. The second-order valence-electron chi connectivity index (χ2n) is 28.0. The molecule has 0 rings (SSSR count). The summed E-state index contributed by atoms with van der Waals surface area (Å²) in [5.41, 5.74) is 0. The third-order valence-electron chi connectivity index (χ3n) is 17.2. The molecule has 0 aliphatic rings. The van der Waals surface area contributed by atoms with Crippen LogP contribution in [0.15, 0.2) is 0 Å². The van der Waals surface area contributed by atoms with Crippen molar-refractivity contribution in [3.05, 3.63) is 0 Å². The monoisotopic (exact) mass is 1350 g/mol. The number of hydrogen-bond acceptors (Lipinski definition) is 15. The van der Waals surface area contributed by atoms with Gasteiger partial charge in [0.2, 0.25) is 0 Å². The highest BCUT2D eigenvalue weighted by Crippen LogP contribution is 2.45. The number of hydrogen-bond donors (Lipinski definition) is 3. The van der Waals surface area contributed by atoms with Gasteiger partial charge in [0.1, 0.15) is 19.3 Å². The first-order valence-electron chi connectivity index (χ1n) is 37.7. The van der Waals surface area contributed by atoms with Crippen molar-refractivity contribution in [3.63, 3.8) is 0 Å². The van der Waals surface area contributed by atoms with Crippen molar-refractivity contribution in [3.8, 4) is 0 Å². The molecule has 0 spiro atoms. The van der Waals surface area contributed by atoms with Crippen LogP contribution >= 0.6 is 15.6 Å². The van der Waals surface area contributed by atoms with Gasteiger partial charge < -0.3 is 33.8 Å². The van der Waals surface area contributed by atoms with Crippen molar-refractivity contribution >= 4 is 39.5 Å². The quantitative estimate of drug-likeness (QED) is 0.0222. The molecule has 0 aliphatic heterocycles. The molecule has 3 unspecified atom stereocenters. The molecule has 0 radical (unpaired) electrons. The van der Waals surface area contributed by atoms with Gasteiger partial charge in [-0.15, -0.1) is 0 Å². The topological polar surface area (TPSA) is 237 Å². The van der Waals surface area contributed by atoms with Crippen LogP contribution in [0.1, 0.15) is 364 Å². The van der Waals surface area contributed by atoms with Gasteiger partial charge in [-0.05, 0) is 49.4 Å². The SMILES string of the molecule is CCC(C)CCCCCCCCC(=O)OC[C@H](COP(=O)(O)OC[C@H](O)COP(=O)(O)OC[C@@H](COC(=O)CCCCCCCCCCCCCCCC(C)C)OC(=O)CCCCCCCCCCC(C)C)OC(=O)CCCCCCCCCCCCCCC(C)C. The van der Waals surface area contributed by atoms with Gasteiger partial charge in [0, 0.05) is 25.7 Å². The van der Waals surface area contributed by atoms with Crippen LogP contribution in [0.5, 0.6) is 0 Å². The molecule has 19 heteroatoms. The summed E-state index contributed by atoms with van der Waals surface area (Å²) in [7, 11) is -9.91. The Balaban J connectivity index is 5.23. The van der Waals surface area contributed by atoms with Gasteiger partial charge in [-0.1, -0.05) is 312 Å². The molecule has 0 fully saturated rings. The van der Waals surface area contributed by atoms with Crippen molar-refractivity contribution in [2.24, 2.45) is 23.7 Å². The van der Waals surface area contributed by atoms with E-state index in [0.717, 1.165) is 120 Å². The first kappa shape index (κ1) is 90.1. The van der Waals surface area contributed by atoms with Crippen molar-refractivity contribution in [2.45, 2.75) is 382 Å². The number of aliphatic hydroxyl groups excluding tert-OH is 1. The zero-order valence-electron chi connectivity index (χ0n) is 60.2. The zero-order valence-corrected chi connectivity index (χ0v) is 62.0. The maximum atomic E-state index is 13.0. The smallest absolute Gasteiger partial charge is 0.462 e. The standard InChI is InChI=1S/C73H142O17P2/c1-9-66(8)52-44-36-31-32-38-46-54-71(76)84-60-69(89-72(77)55-47-39-29-22-18-14-13-16-20-26-34-42-50-64(4)5)62-88-92(81,82)86-58-67(74)57-85-91(79,80)87-61-68(90-73(78)56-48-40-30-24-23-27-35-43-51-65(6)7)59-83-70(75)53-45-37-28-21-17-12-10-11-15-19-25-33-41-49-63(2)3/h63-69,74H,9-62H2,1-8H3,(H,79,80)(H,81,82)/t66?,67-,68-,69-/m1/s1. The average Bonchev–Trinajstić information content (AvgIpc) is 1.59.